The Hall–Kier alpha value is -1.58. The fourth-order valence-electron chi connectivity index (χ4n) is 5.99. The van der Waals surface area contributed by atoms with E-state index in [0.717, 1.165) is 86.9 Å². The fourth-order valence-corrected chi connectivity index (χ4v) is 6.83. The van der Waals surface area contributed by atoms with E-state index in [1.807, 2.05) is 0 Å². The summed E-state index contributed by atoms with van der Waals surface area (Å²) in [7, 11) is 2.07. The van der Waals surface area contributed by atoms with Gasteiger partial charge in [0.05, 0.1) is 5.56 Å². The number of rotatable bonds is 7. The molecule has 1 aliphatic heterocycles. The van der Waals surface area contributed by atoms with Crippen LogP contribution in [-0.4, -0.2) is 51.1 Å². The first-order chi connectivity index (χ1) is 16.2. The lowest BCUT2D eigenvalue weighted by molar-refractivity contribution is -0.137. The van der Waals surface area contributed by atoms with Gasteiger partial charge in [-0.25, -0.2) is 0 Å². The van der Waals surface area contributed by atoms with Crippen molar-refractivity contribution < 1.29 is 13.2 Å². The number of aromatic nitrogens is 3. The van der Waals surface area contributed by atoms with Crippen molar-refractivity contribution in [3.63, 3.8) is 0 Å². The molecule has 0 amide bonds. The molecular weight excluding hydrogens is 459 g/mol. The maximum atomic E-state index is 12.8. The van der Waals surface area contributed by atoms with Crippen LogP contribution in [-0.2, 0) is 13.2 Å². The first-order valence-corrected chi connectivity index (χ1v) is 13.4. The number of likely N-dealkylation sites (tertiary alicyclic amines) is 1. The van der Waals surface area contributed by atoms with E-state index in [0.29, 0.717) is 17.9 Å². The Morgan fingerprint density at radius 1 is 1.12 bits per heavy atom. The van der Waals surface area contributed by atoms with Crippen molar-refractivity contribution in [2.24, 2.45) is 18.2 Å². The molecule has 186 valence electrons. The predicted molar refractivity (Wildman–Crippen MR) is 128 cm³/mol. The highest BCUT2D eigenvalue weighted by atomic mass is 32.2. The smallest absolute Gasteiger partial charge is 0.328 e. The van der Waals surface area contributed by atoms with E-state index in [1.54, 1.807) is 23.9 Å². The highest BCUT2D eigenvalue weighted by molar-refractivity contribution is 7.99. The molecule has 3 aliphatic rings. The number of nitrogens with zero attached hydrogens (tertiary/aromatic N) is 4. The summed E-state index contributed by atoms with van der Waals surface area (Å²) in [5, 5.41) is 9.91. The summed E-state index contributed by atoms with van der Waals surface area (Å²) < 4.78 is 40.7. The second-order valence-corrected chi connectivity index (χ2v) is 11.5. The Kier molecular flexibility index (Phi) is 6.72. The molecule has 0 unspecified atom stereocenters. The molecule has 0 radical (unpaired) electrons. The molecule has 1 aromatic heterocycles. The minimum absolute atomic E-state index is 0.272. The molecule has 3 fully saturated rings. The van der Waals surface area contributed by atoms with Crippen molar-refractivity contribution in [2.45, 2.75) is 74.2 Å². The average Bonchev–Trinajstić information content (AvgIpc) is 3.16. The number of thioether (sulfide) groups is 1. The molecule has 5 rings (SSSR count). The molecule has 2 heterocycles. The summed E-state index contributed by atoms with van der Waals surface area (Å²) in [6, 6.07) is 6.15. The van der Waals surface area contributed by atoms with Gasteiger partial charge >= 0.3 is 6.18 Å². The third kappa shape index (κ3) is 5.02. The quantitative estimate of drug-likeness (QED) is 0.425. The van der Waals surface area contributed by atoms with Crippen LogP contribution in [0.4, 0.5) is 13.2 Å². The van der Waals surface area contributed by atoms with E-state index >= 15 is 0 Å². The molecule has 1 saturated heterocycles. The van der Waals surface area contributed by atoms with Crippen LogP contribution in [0.5, 0.6) is 0 Å². The lowest BCUT2D eigenvalue weighted by Gasteiger charge is -2.25. The summed E-state index contributed by atoms with van der Waals surface area (Å²) >= 11 is 1.78. The number of halogens is 3. The van der Waals surface area contributed by atoms with Crippen LogP contribution in [0, 0.1) is 5.41 Å². The summed E-state index contributed by atoms with van der Waals surface area (Å²) in [5.74, 6) is 2.98. The lowest BCUT2D eigenvalue weighted by Crippen LogP contribution is -2.26. The van der Waals surface area contributed by atoms with Gasteiger partial charge in [-0.05, 0) is 87.1 Å². The van der Waals surface area contributed by atoms with Gasteiger partial charge in [-0.2, -0.15) is 13.2 Å². The molecule has 2 atom stereocenters. The Morgan fingerprint density at radius 3 is 2.56 bits per heavy atom. The third-order valence-electron chi connectivity index (χ3n) is 8.15. The number of hydrogen-bond acceptors (Lipinski definition) is 5. The van der Waals surface area contributed by atoms with Crippen LogP contribution in [0.15, 0.2) is 29.4 Å². The third-order valence-corrected chi connectivity index (χ3v) is 9.26. The maximum Gasteiger partial charge on any atom is 0.416 e. The van der Waals surface area contributed by atoms with Crippen molar-refractivity contribution in [2.75, 3.05) is 25.4 Å². The molecule has 2 saturated carbocycles. The first kappa shape index (κ1) is 24.1. The molecule has 1 aromatic carbocycles. The Labute approximate surface area is 203 Å². The van der Waals surface area contributed by atoms with E-state index in [4.69, 9.17) is 5.73 Å². The number of benzene rings is 1. The summed E-state index contributed by atoms with van der Waals surface area (Å²) in [5.41, 5.74) is 6.81. The molecule has 2 N–H and O–H groups in total. The number of alkyl halides is 3. The van der Waals surface area contributed by atoms with Crippen LogP contribution in [0.3, 0.4) is 0 Å². The van der Waals surface area contributed by atoms with Crippen LogP contribution < -0.4 is 5.73 Å². The van der Waals surface area contributed by atoms with Crippen molar-refractivity contribution in [3.8, 4) is 0 Å². The Morgan fingerprint density at radius 2 is 1.85 bits per heavy atom. The zero-order valence-electron chi connectivity index (χ0n) is 19.7. The van der Waals surface area contributed by atoms with E-state index in [9.17, 15) is 13.2 Å². The molecular formula is C25H34F3N5S. The van der Waals surface area contributed by atoms with Crippen molar-refractivity contribution in [3.05, 3.63) is 41.2 Å². The van der Waals surface area contributed by atoms with Gasteiger partial charge < -0.3 is 15.2 Å². The minimum Gasteiger partial charge on any atom is -0.328 e. The first-order valence-electron chi connectivity index (χ1n) is 12.4. The van der Waals surface area contributed by atoms with Gasteiger partial charge in [-0.1, -0.05) is 23.9 Å². The molecule has 2 aromatic rings. The predicted octanol–water partition coefficient (Wildman–Crippen LogP) is 5.18. The molecule has 9 heteroatoms. The second kappa shape index (κ2) is 9.47. The van der Waals surface area contributed by atoms with Gasteiger partial charge in [-0.15, -0.1) is 10.2 Å². The normalized spacial score (nSPS) is 29.7. The van der Waals surface area contributed by atoms with E-state index in [2.05, 4.69) is 26.7 Å². The van der Waals surface area contributed by atoms with Crippen molar-refractivity contribution >= 4 is 11.8 Å². The van der Waals surface area contributed by atoms with Crippen LogP contribution in [0.1, 0.15) is 73.7 Å². The van der Waals surface area contributed by atoms with Gasteiger partial charge in [0.2, 0.25) is 0 Å². The number of nitrogens with two attached hydrogens (primary N) is 1. The van der Waals surface area contributed by atoms with Gasteiger partial charge in [-0.3, -0.25) is 0 Å². The summed E-state index contributed by atoms with van der Waals surface area (Å²) in [6.45, 7) is 3.20. The van der Waals surface area contributed by atoms with Crippen LogP contribution in [0.25, 0.3) is 0 Å². The monoisotopic (exact) mass is 493 g/mol. The van der Waals surface area contributed by atoms with Gasteiger partial charge in [0.25, 0.3) is 0 Å². The minimum atomic E-state index is -4.27. The van der Waals surface area contributed by atoms with E-state index < -0.39 is 11.7 Å². The van der Waals surface area contributed by atoms with Crippen molar-refractivity contribution in [1.29, 1.82) is 0 Å². The summed E-state index contributed by atoms with van der Waals surface area (Å²) in [6.07, 6.45) is 3.39. The highest BCUT2D eigenvalue weighted by Gasteiger charge is 2.57. The van der Waals surface area contributed by atoms with Gasteiger partial charge in [0.15, 0.2) is 5.16 Å². The molecule has 1 spiro atoms. The fraction of sp³-hybridized carbons (Fsp3) is 0.680. The lowest BCUT2D eigenvalue weighted by atomic mass is 9.86. The molecule has 0 bridgehead atoms. The largest absolute Gasteiger partial charge is 0.416 e. The zero-order valence-corrected chi connectivity index (χ0v) is 20.5. The second-order valence-electron chi connectivity index (χ2n) is 10.5. The van der Waals surface area contributed by atoms with Gasteiger partial charge in [0, 0.05) is 31.3 Å². The SMILES string of the molecule is Cn1c(SCCCN2CC[C@]3(C[C@@H]3c3ccc(C(F)(F)F)cc3)C2)nnc1C1CCC(N)CC1. The molecule has 5 nitrogen and oxygen atoms in total. The Balaban J connectivity index is 1.06. The molecule has 34 heavy (non-hydrogen) atoms. The topological polar surface area (TPSA) is 60.0 Å². The Bertz CT molecular complexity index is 983. The highest BCUT2D eigenvalue weighted by Crippen LogP contribution is 2.64. The van der Waals surface area contributed by atoms with Gasteiger partial charge in [0.1, 0.15) is 5.82 Å². The zero-order chi connectivity index (χ0) is 23.9. The summed E-state index contributed by atoms with van der Waals surface area (Å²) in [4.78, 5) is 2.53. The average molecular weight is 494 g/mol. The maximum absolute atomic E-state index is 12.8. The van der Waals surface area contributed by atoms with E-state index in [1.165, 1.54) is 12.1 Å². The van der Waals surface area contributed by atoms with E-state index in [-0.39, 0.29) is 5.41 Å². The van der Waals surface area contributed by atoms with Crippen LogP contribution >= 0.6 is 11.8 Å². The van der Waals surface area contributed by atoms with Crippen LogP contribution in [0.2, 0.25) is 0 Å². The standard InChI is InChI=1S/C25H34F3N5S/c1-32-22(18-5-9-20(29)10-6-18)30-31-23(32)34-14-2-12-33-13-11-24(16-33)15-21(24)17-3-7-19(8-4-17)25(26,27)28/h3-4,7-8,18,20-21H,2,5-6,9-16,29H2,1H3/t18?,20?,21-,24+/m1/s1. The van der Waals surface area contributed by atoms with Crippen molar-refractivity contribution in [1.82, 2.24) is 19.7 Å². The molecule has 2 aliphatic carbocycles. The number of hydrogen-bond donors (Lipinski definition) is 1.